The fourth-order valence-electron chi connectivity index (χ4n) is 2.24. The van der Waals surface area contributed by atoms with Crippen molar-refractivity contribution in [3.63, 3.8) is 0 Å². The van der Waals surface area contributed by atoms with E-state index in [0.29, 0.717) is 18.4 Å². The summed E-state index contributed by atoms with van der Waals surface area (Å²) in [4.78, 5) is 10.5. The van der Waals surface area contributed by atoms with Crippen molar-refractivity contribution in [2.45, 2.75) is 31.7 Å². The molecule has 1 unspecified atom stereocenters. The average Bonchev–Trinajstić information content (AvgIpc) is 2.39. The Morgan fingerprint density at radius 3 is 3.00 bits per heavy atom. The summed E-state index contributed by atoms with van der Waals surface area (Å²) >= 11 is 3.30. The Bertz CT molecular complexity index is 448. The molecule has 1 N–H and O–H groups in total. The number of rotatable bonds is 5. The van der Waals surface area contributed by atoms with E-state index in [1.807, 2.05) is 0 Å². The van der Waals surface area contributed by atoms with Gasteiger partial charge in [0, 0.05) is 22.6 Å². The highest BCUT2D eigenvalue weighted by molar-refractivity contribution is 9.10. The summed E-state index contributed by atoms with van der Waals surface area (Å²) in [7, 11) is 0. The lowest BCUT2D eigenvalue weighted by Crippen LogP contribution is -2.35. The largest absolute Gasteiger partial charge is 0.487 e. The van der Waals surface area contributed by atoms with Crippen molar-refractivity contribution in [1.82, 2.24) is 5.32 Å². The van der Waals surface area contributed by atoms with Gasteiger partial charge in [-0.15, -0.1) is 0 Å². The number of ether oxygens (including phenoxy) is 1. The van der Waals surface area contributed by atoms with E-state index in [2.05, 4.69) is 21.2 Å². The molecule has 1 aliphatic rings. The van der Waals surface area contributed by atoms with E-state index in [1.165, 1.54) is 18.9 Å². The van der Waals surface area contributed by atoms with Crippen LogP contribution < -0.4 is 10.1 Å². The number of nitro groups is 1. The fourth-order valence-corrected chi connectivity index (χ4v) is 2.58. The van der Waals surface area contributed by atoms with Crippen molar-refractivity contribution >= 4 is 21.6 Å². The molecule has 1 aromatic carbocycles. The summed E-state index contributed by atoms with van der Waals surface area (Å²) in [6, 6.07) is 5.22. The molecule has 0 aromatic heterocycles. The van der Waals surface area contributed by atoms with Crippen molar-refractivity contribution in [2.75, 3.05) is 13.2 Å². The maximum Gasteiger partial charge on any atom is 0.310 e. The normalized spacial score (nSPS) is 19.1. The number of nitrogens with one attached hydrogen (secondary N) is 1. The third kappa shape index (κ3) is 4.18. The van der Waals surface area contributed by atoms with E-state index in [-0.39, 0.29) is 5.69 Å². The second-order valence-corrected chi connectivity index (χ2v) is 5.57. The van der Waals surface area contributed by atoms with Crippen LogP contribution in [0.3, 0.4) is 0 Å². The van der Waals surface area contributed by atoms with Gasteiger partial charge >= 0.3 is 5.69 Å². The highest BCUT2D eigenvalue weighted by atomic mass is 79.9. The molecular weight excluding hydrogens is 312 g/mol. The molecule has 19 heavy (non-hydrogen) atoms. The molecule has 2 rings (SSSR count). The minimum absolute atomic E-state index is 0.0137. The molecule has 1 heterocycles. The molecule has 0 saturated carbocycles. The van der Waals surface area contributed by atoms with Crippen molar-refractivity contribution in [3.05, 3.63) is 32.8 Å². The number of benzene rings is 1. The summed E-state index contributed by atoms with van der Waals surface area (Å²) in [5.41, 5.74) is 0.0137. The number of halogens is 1. The van der Waals surface area contributed by atoms with Gasteiger partial charge in [-0.3, -0.25) is 10.1 Å². The zero-order chi connectivity index (χ0) is 13.7. The standard InChI is InChI=1S/C13H17BrN2O3/c14-10-4-5-12(16(17)18)13(9-10)19-8-6-11-3-1-2-7-15-11/h4-5,9,11,15H,1-3,6-8H2. The van der Waals surface area contributed by atoms with Gasteiger partial charge in [0.25, 0.3) is 0 Å². The Labute approximate surface area is 120 Å². The second-order valence-electron chi connectivity index (χ2n) is 4.65. The first kappa shape index (κ1) is 14.3. The molecule has 0 aliphatic carbocycles. The molecule has 1 fully saturated rings. The number of nitrogens with zero attached hydrogens (tertiary/aromatic N) is 1. The van der Waals surface area contributed by atoms with Crippen LogP contribution in [0, 0.1) is 10.1 Å². The van der Waals surface area contributed by atoms with E-state index in [0.717, 1.165) is 23.9 Å². The van der Waals surface area contributed by atoms with E-state index >= 15 is 0 Å². The third-order valence-corrected chi connectivity index (χ3v) is 3.75. The van der Waals surface area contributed by atoms with Crippen molar-refractivity contribution in [2.24, 2.45) is 0 Å². The van der Waals surface area contributed by atoms with Gasteiger partial charge < -0.3 is 10.1 Å². The molecule has 104 valence electrons. The van der Waals surface area contributed by atoms with Crippen LogP contribution >= 0.6 is 15.9 Å². The summed E-state index contributed by atoms with van der Waals surface area (Å²) in [5, 5.41) is 14.3. The SMILES string of the molecule is O=[N+]([O-])c1ccc(Br)cc1OCCC1CCCCN1. The summed E-state index contributed by atoms with van der Waals surface area (Å²) in [6.45, 7) is 1.55. The monoisotopic (exact) mass is 328 g/mol. The molecule has 5 nitrogen and oxygen atoms in total. The first-order valence-corrected chi connectivity index (χ1v) is 7.26. The van der Waals surface area contributed by atoms with Gasteiger partial charge in [0.2, 0.25) is 0 Å². The van der Waals surface area contributed by atoms with Crippen molar-refractivity contribution in [3.8, 4) is 5.75 Å². The fraction of sp³-hybridized carbons (Fsp3) is 0.538. The van der Waals surface area contributed by atoms with Crippen molar-refractivity contribution < 1.29 is 9.66 Å². The lowest BCUT2D eigenvalue weighted by atomic mass is 10.0. The van der Waals surface area contributed by atoms with Gasteiger partial charge in [0.15, 0.2) is 5.75 Å². The first-order valence-electron chi connectivity index (χ1n) is 6.47. The lowest BCUT2D eigenvalue weighted by Gasteiger charge is -2.23. The van der Waals surface area contributed by atoms with Crippen LogP contribution in [0.5, 0.6) is 5.75 Å². The highest BCUT2D eigenvalue weighted by Crippen LogP contribution is 2.30. The van der Waals surface area contributed by atoms with Gasteiger partial charge in [0.05, 0.1) is 11.5 Å². The predicted octanol–water partition coefficient (Wildman–Crippen LogP) is 3.27. The maximum atomic E-state index is 10.9. The van der Waals surface area contributed by atoms with Crippen LogP contribution in [0.15, 0.2) is 22.7 Å². The smallest absolute Gasteiger partial charge is 0.310 e. The highest BCUT2D eigenvalue weighted by Gasteiger charge is 2.17. The number of piperidine rings is 1. The van der Waals surface area contributed by atoms with Gasteiger partial charge in [-0.05, 0) is 31.9 Å². The summed E-state index contributed by atoms with van der Waals surface area (Å²) in [6.07, 6.45) is 4.51. The Hall–Kier alpha value is -1.14. The van der Waals surface area contributed by atoms with Gasteiger partial charge in [-0.2, -0.15) is 0 Å². The minimum Gasteiger partial charge on any atom is -0.487 e. The molecule has 1 atom stereocenters. The first-order chi connectivity index (χ1) is 9.16. The van der Waals surface area contributed by atoms with Crippen molar-refractivity contribution in [1.29, 1.82) is 0 Å². The zero-order valence-corrected chi connectivity index (χ0v) is 12.2. The van der Waals surface area contributed by atoms with Crippen LogP contribution in [-0.2, 0) is 0 Å². The maximum absolute atomic E-state index is 10.9. The zero-order valence-electron chi connectivity index (χ0n) is 10.6. The quantitative estimate of drug-likeness (QED) is 0.665. The molecule has 0 spiro atoms. The van der Waals surface area contributed by atoms with Crippen LogP contribution in [0.4, 0.5) is 5.69 Å². The molecular formula is C13H17BrN2O3. The van der Waals surface area contributed by atoms with E-state index < -0.39 is 4.92 Å². The second kappa shape index (κ2) is 6.86. The Kier molecular flexibility index (Phi) is 5.15. The molecule has 0 amide bonds. The molecule has 1 aliphatic heterocycles. The van der Waals surface area contributed by atoms with Gasteiger partial charge in [-0.25, -0.2) is 0 Å². The Balaban J connectivity index is 1.91. The Morgan fingerprint density at radius 1 is 1.47 bits per heavy atom. The predicted molar refractivity (Wildman–Crippen MR) is 76.6 cm³/mol. The molecule has 1 aromatic rings. The van der Waals surface area contributed by atoms with E-state index in [9.17, 15) is 10.1 Å². The lowest BCUT2D eigenvalue weighted by molar-refractivity contribution is -0.385. The number of hydrogen-bond donors (Lipinski definition) is 1. The number of nitro benzene ring substituents is 1. The molecule has 6 heteroatoms. The molecule has 0 radical (unpaired) electrons. The molecule has 0 bridgehead atoms. The van der Waals surface area contributed by atoms with Gasteiger partial charge in [0.1, 0.15) is 0 Å². The van der Waals surface area contributed by atoms with E-state index in [1.54, 1.807) is 12.1 Å². The van der Waals surface area contributed by atoms with Crippen LogP contribution in [-0.4, -0.2) is 24.1 Å². The summed E-state index contributed by atoms with van der Waals surface area (Å²) < 4.78 is 6.35. The van der Waals surface area contributed by atoms with Crippen LogP contribution in [0.1, 0.15) is 25.7 Å². The summed E-state index contributed by atoms with van der Waals surface area (Å²) in [5.74, 6) is 0.329. The minimum atomic E-state index is -0.416. The average molecular weight is 329 g/mol. The van der Waals surface area contributed by atoms with Gasteiger partial charge in [-0.1, -0.05) is 22.4 Å². The van der Waals surface area contributed by atoms with Crippen LogP contribution in [0.25, 0.3) is 0 Å². The topological polar surface area (TPSA) is 64.4 Å². The number of hydrogen-bond acceptors (Lipinski definition) is 4. The third-order valence-electron chi connectivity index (χ3n) is 3.25. The van der Waals surface area contributed by atoms with Crippen LogP contribution in [0.2, 0.25) is 0 Å². The molecule has 1 saturated heterocycles. The van der Waals surface area contributed by atoms with E-state index in [4.69, 9.17) is 4.74 Å². The Morgan fingerprint density at radius 2 is 2.32 bits per heavy atom.